The van der Waals surface area contributed by atoms with Gasteiger partial charge in [0.2, 0.25) is 11.0 Å². The Morgan fingerprint density at radius 2 is 2.30 bits per heavy atom. The van der Waals surface area contributed by atoms with Gasteiger partial charge >= 0.3 is 5.97 Å². The second kappa shape index (κ2) is 9.40. The number of rotatable bonds is 7. The van der Waals surface area contributed by atoms with Crippen molar-refractivity contribution < 1.29 is 9.53 Å². The molecule has 0 aliphatic carbocycles. The fourth-order valence-electron chi connectivity index (χ4n) is 2.38. The van der Waals surface area contributed by atoms with E-state index in [4.69, 9.17) is 10.00 Å². The van der Waals surface area contributed by atoms with Gasteiger partial charge in [0.25, 0.3) is 0 Å². The smallest absolute Gasteiger partial charge is 0.338 e. The SMILES string of the molecule is C=C(C(=CC)C(=O)OCC)C(=NC)c1cccc(Nc2nc(C#N)ns2)c1. The zero-order chi connectivity index (χ0) is 19.8. The van der Waals surface area contributed by atoms with E-state index in [0.29, 0.717) is 22.0 Å². The van der Waals surface area contributed by atoms with Crippen LogP contribution in [-0.4, -0.2) is 34.7 Å². The molecule has 0 aliphatic heterocycles. The molecule has 0 saturated carbocycles. The lowest BCUT2D eigenvalue weighted by molar-refractivity contribution is -0.138. The summed E-state index contributed by atoms with van der Waals surface area (Å²) in [4.78, 5) is 20.5. The van der Waals surface area contributed by atoms with Crippen LogP contribution in [0.3, 0.4) is 0 Å². The first kappa shape index (κ1) is 20.0. The molecule has 27 heavy (non-hydrogen) atoms. The average Bonchev–Trinajstić information content (AvgIpc) is 3.11. The Bertz CT molecular complexity index is 953. The van der Waals surface area contributed by atoms with Crippen LogP contribution in [0.5, 0.6) is 0 Å². The lowest BCUT2D eigenvalue weighted by atomic mass is 9.96. The summed E-state index contributed by atoms with van der Waals surface area (Å²) < 4.78 is 9.00. The number of nitrogens with one attached hydrogen (secondary N) is 1. The van der Waals surface area contributed by atoms with Crippen LogP contribution in [0.15, 0.2) is 53.1 Å². The van der Waals surface area contributed by atoms with Crippen molar-refractivity contribution in [3.05, 3.63) is 59.5 Å². The molecule has 0 spiro atoms. The maximum absolute atomic E-state index is 12.1. The standard InChI is InChI=1S/C19H19N5O2S/c1-5-15(18(25)26-6-2)12(3)17(21-4)13-8-7-9-14(10-13)22-19-23-16(11-20)24-27-19/h5,7-10H,3,6H2,1-2,4H3,(H,22,23,24). The van der Waals surface area contributed by atoms with Crippen LogP contribution in [-0.2, 0) is 9.53 Å². The Morgan fingerprint density at radius 3 is 2.89 bits per heavy atom. The van der Waals surface area contributed by atoms with E-state index in [1.165, 1.54) is 0 Å². The molecule has 1 aromatic carbocycles. The molecule has 0 bridgehead atoms. The largest absolute Gasteiger partial charge is 0.462 e. The number of ether oxygens (including phenoxy) is 1. The molecule has 1 heterocycles. The van der Waals surface area contributed by atoms with Crippen molar-refractivity contribution in [2.75, 3.05) is 19.0 Å². The van der Waals surface area contributed by atoms with E-state index in [1.807, 2.05) is 30.3 Å². The Kier molecular flexibility index (Phi) is 6.97. The zero-order valence-corrected chi connectivity index (χ0v) is 16.1. The number of anilines is 2. The van der Waals surface area contributed by atoms with Crippen molar-refractivity contribution in [2.45, 2.75) is 13.8 Å². The van der Waals surface area contributed by atoms with Gasteiger partial charge < -0.3 is 10.1 Å². The fraction of sp³-hybridized carbons (Fsp3) is 0.211. The summed E-state index contributed by atoms with van der Waals surface area (Å²) in [5, 5.41) is 12.4. The number of carbonyl (C=O) groups is 1. The molecule has 2 aromatic rings. The fourth-order valence-corrected chi connectivity index (χ4v) is 2.92. The molecule has 0 unspecified atom stereocenters. The first-order valence-corrected chi connectivity index (χ1v) is 8.92. The van der Waals surface area contributed by atoms with Gasteiger partial charge in [-0.3, -0.25) is 4.99 Å². The lowest BCUT2D eigenvalue weighted by Crippen LogP contribution is -2.15. The van der Waals surface area contributed by atoms with Crippen LogP contribution < -0.4 is 5.32 Å². The summed E-state index contributed by atoms with van der Waals surface area (Å²) in [6.45, 7) is 7.82. The van der Waals surface area contributed by atoms with Crippen LogP contribution in [0, 0.1) is 11.3 Å². The number of nitrogens with zero attached hydrogens (tertiary/aromatic N) is 4. The highest BCUT2D eigenvalue weighted by molar-refractivity contribution is 7.09. The van der Waals surface area contributed by atoms with Gasteiger partial charge in [-0.15, -0.1) is 0 Å². The van der Waals surface area contributed by atoms with Gasteiger partial charge in [0.05, 0.1) is 17.9 Å². The molecule has 0 aliphatic rings. The minimum absolute atomic E-state index is 0.120. The second-order valence-electron chi connectivity index (χ2n) is 5.21. The van der Waals surface area contributed by atoms with Gasteiger partial charge in [-0.1, -0.05) is 24.8 Å². The maximum atomic E-state index is 12.1. The highest BCUT2D eigenvalue weighted by Crippen LogP contribution is 2.23. The minimum atomic E-state index is -0.432. The van der Waals surface area contributed by atoms with Crippen molar-refractivity contribution in [3.8, 4) is 6.07 Å². The van der Waals surface area contributed by atoms with Crippen LogP contribution in [0.1, 0.15) is 25.2 Å². The van der Waals surface area contributed by atoms with E-state index in [2.05, 4.69) is 26.2 Å². The molecule has 0 atom stereocenters. The maximum Gasteiger partial charge on any atom is 0.338 e. The molecule has 7 nitrogen and oxygen atoms in total. The van der Waals surface area contributed by atoms with Gasteiger partial charge in [-0.25, -0.2) is 4.79 Å². The topological polar surface area (TPSA) is 100 Å². The number of aliphatic imine (C=N–C) groups is 1. The Hall–Kier alpha value is -3.31. The number of benzene rings is 1. The number of esters is 1. The van der Waals surface area contributed by atoms with Crippen LogP contribution >= 0.6 is 11.5 Å². The van der Waals surface area contributed by atoms with Crippen LogP contribution in [0.4, 0.5) is 10.8 Å². The van der Waals surface area contributed by atoms with Gasteiger partial charge in [0.15, 0.2) is 0 Å². The Morgan fingerprint density at radius 1 is 1.52 bits per heavy atom. The summed E-state index contributed by atoms with van der Waals surface area (Å²) in [5.74, 6) is -0.312. The molecule has 0 fully saturated rings. The minimum Gasteiger partial charge on any atom is -0.462 e. The van der Waals surface area contributed by atoms with E-state index in [1.54, 1.807) is 27.0 Å². The van der Waals surface area contributed by atoms with Crippen molar-refractivity contribution in [2.24, 2.45) is 4.99 Å². The third-order valence-corrected chi connectivity index (χ3v) is 4.16. The summed E-state index contributed by atoms with van der Waals surface area (Å²) >= 11 is 1.10. The van der Waals surface area contributed by atoms with Crippen LogP contribution in [0.2, 0.25) is 0 Å². The number of hydrogen-bond acceptors (Lipinski definition) is 8. The zero-order valence-electron chi connectivity index (χ0n) is 15.3. The van der Waals surface area contributed by atoms with E-state index in [0.717, 1.165) is 22.8 Å². The third kappa shape index (κ3) is 4.86. The number of allylic oxidation sites excluding steroid dienone is 1. The van der Waals surface area contributed by atoms with E-state index in [9.17, 15) is 4.79 Å². The number of hydrogen-bond donors (Lipinski definition) is 1. The molecule has 0 amide bonds. The molecule has 2 rings (SSSR count). The quantitative estimate of drug-likeness (QED) is 0.340. The first-order chi connectivity index (χ1) is 13.0. The Balaban J connectivity index is 2.28. The normalized spacial score (nSPS) is 11.6. The van der Waals surface area contributed by atoms with Crippen LogP contribution in [0.25, 0.3) is 0 Å². The highest BCUT2D eigenvalue weighted by atomic mass is 32.1. The predicted molar refractivity (Wildman–Crippen MR) is 106 cm³/mol. The molecule has 8 heteroatoms. The number of nitriles is 1. The highest BCUT2D eigenvalue weighted by Gasteiger charge is 2.19. The summed E-state index contributed by atoms with van der Waals surface area (Å²) in [7, 11) is 1.64. The van der Waals surface area contributed by atoms with E-state index < -0.39 is 5.97 Å². The third-order valence-electron chi connectivity index (χ3n) is 3.53. The predicted octanol–water partition coefficient (Wildman–Crippen LogP) is 3.64. The first-order valence-electron chi connectivity index (χ1n) is 8.15. The molecular weight excluding hydrogens is 362 g/mol. The number of carbonyl (C=O) groups excluding carboxylic acids is 1. The summed E-state index contributed by atoms with van der Waals surface area (Å²) in [6, 6.07) is 9.33. The molecule has 138 valence electrons. The molecule has 1 aromatic heterocycles. The molecular formula is C19H19N5O2S. The van der Waals surface area contributed by atoms with Gasteiger partial charge in [-0.05, 0) is 26.0 Å². The number of aromatic nitrogens is 2. The van der Waals surface area contributed by atoms with Crippen molar-refractivity contribution in [1.82, 2.24) is 9.36 Å². The van der Waals surface area contributed by atoms with E-state index >= 15 is 0 Å². The lowest BCUT2D eigenvalue weighted by Gasteiger charge is -2.13. The molecule has 1 N–H and O–H groups in total. The van der Waals surface area contributed by atoms with Gasteiger partial charge in [0, 0.05) is 35.4 Å². The van der Waals surface area contributed by atoms with Crippen molar-refractivity contribution >= 4 is 34.0 Å². The van der Waals surface area contributed by atoms with Gasteiger partial charge in [0.1, 0.15) is 6.07 Å². The Labute approximate surface area is 161 Å². The monoisotopic (exact) mass is 381 g/mol. The average molecular weight is 381 g/mol. The summed E-state index contributed by atoms with van der Waals surface area (Å²) in [6.07, 6.45) is 1.66. The van der Waals surface area contributed by atoms with Crippen molar-refractivity contribution in [1.29, 1.82) is 5.26 Å². The van der Waals surface area contributed by atoms with Gasteiger partial charge in [-0.2, -0.15) is 14.6 Å². The molecule has 0 radical (unpaired) electrons. The summed E-state index contributed by atoms with van der Waals surface area (Å²) in [5.41, 5.74) is 2.97. The second-order valence-corrected chi connectivity index (χ2v) is 5.97. The van der Waals surface area contributed by atoms with Crippen molar-refractivity contribution in [3.63, 3.8) is 0 Å². The molecule has 0 saturated heterocycles. The van der Waals surface area contributed by atoms with E-state index in [-0.39, 0.29) is 12.4 Å².